The Labute approximate surface area is 129 Å². The van der Waals surface area contributed by atoms with E-state index in [2.05, 4.69) is 29.7 Å². The molecule has 106 valence electrons. The summed E-state index contributed by atoms with van der Waals surface area (Å²) in [6.07, 6.45) is 1.27. The van der Waals surface area contributed by atoms with Gasteiger partial charge in [0.25, 0.3) is 0 Å². The van der Waals surface area contributed by atoms with Crippen LogP contribution in [-0.4, -0.2) is 23.2 Å². The lowest BCUT2D eigenvalue weighted by Gasteiger charge is -2.19. The fraction of sp³-hybridized carbons (Fsp3) is 0.333. The summed E-state index contributed by atoms with van der Waals surface area (Å²) < 4.78 is 0. The van der Waals surface area contributed by atoms with Crippen molar-refractivity contribution in [2.75, 3.05) is 17.2 Å². The Hall–Kier alpha value is -1.33. The molecule has 0 fully saturated rings. The average Bonchev–Trinajstić information content (AvgIpc) is 2.87. The number of anilines is 1. The van der Waals surface area contributed by atoms with Crippen LogP contribution >= 0.6 is 24.0 Å². The van der Waals surface area contributed by atoms with Gasteiger partial charge in [-0.3, -0.25) is 9.69 Å². The molecule has 1 aromatic carbocycles. The lowest BCUT2D eigenvalue weighted by atomic mass is 10.1. The monoisotopic (exact) mass is 306 g/mol. The normalized spacial score (nSPS) is 10.5. The molecular formula is C15H18N2OS2. The van der Waals surface area contributed by atoms with Crippen molar-refractivity contribution in [1.29, 1.82) is 0 Å². The van der Waals surface area contributed by atoms with Crippen molar-refractivity contribution < 1.29 is 4.79 Å². The number of nitrogens with zero attached hydrogens (tertiary/aromatic N) is 2. The molecular weight excluding hydrogens is 288 g/mol. The van der Waals surface area contributed by atoms with E-state index in [4.69, 9.17) is 0 Å². The molecule has 0 N–H and O–H groups in total. The SMILES string of the molecule is Cc1csc(N(CCc2ccccc2)C(=O)CCS)n1. The summed E-state index contributed by atoms with van der Waals surface area (Å²) in [4.78, 5) is 18.4. The summed E-state index contributed by atoms with van der Waals surface area (Å²) in [6.45, 7) is 2.60. The minimum atomic E-state index is 0.0882. The summed E-state index contributed by atoms with van der Waals surface area (Å²) in [7, 11) is 0. The van der Waals surface area contributed by atoms with Crippen LogP contribution in [-0.2, 0) is 11.2 Å². The first-order valence-electron chi connectivity index (χ1n) is 6.58. The highest BCUT2D eigenvalue weighted by Crippen LogP contribution is 2.21. The van der Waals surface area contributed by atoms with Gasteiger partial charge in [-0.15, -0.1) is 11.3 Å². The number of hydrogen-bond donors (Lipinski definition) is 1. The molecule has 5 heteroatoms. The fourth-order valence-corrected chi connectivity index (χ4v) is 2.95. The van der Waals surface area contributed by atoms with Crippen molar-refractivity contribution in [2.45, 2.75) is 19.8 Å². The number of aromatic nitrogens is 1. The Bertz CT molecular complexity index is 554. The molecule has 2 aromatic rings. The van der Waals surface area contributed by atoms with E-state index in [1.165, 1.54) is 16.9 Å². The van der Waals surface area contributed by atoms with E-state index < -0.39 is 0 Å². The second-order valence-corrected chi connectivity index (χ2v) is 5.81. The highest BCUT2D eigenvalue weighted by atomic mass is 32.1. The van der Waals surface area contributed by atoms with Gasteiger partial charge >= 0.3 is 0 Å². The molecule has 0 aliphatic rings. The van der Waals surface area contributed by atoms with Gasteiger partial charge in [0.1, 0.15) is 0 Å². The van der Waals surface area contributed by atoms with Crippen molar-refractivity contribution >= 4 is 35.0 Å². The van der Waals surface area contributed by atoms with E-state index in [9.17, 15) is 4.79 Å². The smallest absolute Gasteiger partial charge is 0.229 e. The number of rotatable bonds is 6. The molecule has 0 radical (unpaired) electrons. The van der Waals surface area contributed by atoms with Crippen LogP contribution in [0.15, 0.2) is 35.7 Å². The molecule has 0 saturated carbocycles. The second-order valence-electron chi connectivity index (χ2n) is 4.53. The molecule has 1 amide bonds. The van der Waals surface area contributed by atoms with Crippen LogP contribution in [0.5, 0.6) is 0 Å². The minimum absolute atomic E-state index is 0.0882. The number of carbonyl (C=O) groups is 1. The summed E-state index contributed by atoms with van der Waals surface area (Å²) in [5.74, 6) is 0.649. The minimum Gasteiger partial charge on any atom is -0.288 e. The first-order chi connectivity index (χ1) is 9.70. The molecule has 3 nitrogen and oxygen atoms in total. The van der Waals surface area contributed by atoms with Crippen molar-refractivity contribution in [3.8, 4) is 0 Å². The number of carbonyl (C=O) groups excluding carboxylic acids is 1. The van der Waals surface area contributed by atoms with E-state index in [0.717, 1.165) is 17.2 Å². The predicted octanol–water partition coefficient (Wildman–Crippen LogP) is 3.35. The zero-order valence-electron chi connectivity index (χ0n) is 11.5. The molecule has 1 aromatic heterocycles. The van der Waals surface area contributed by atoms with Gasteiger partial charge in [-0.1, -0.05) is 30.3 Å². The van der Waals surface area contributed by atoms with E-state index in [-0.39, 0.29) is 5.91 Å². The molecule has 0 unspecified atom stereocenters. The highest BCUT2D eigenvalue weighted by Gasteiger charge is 2.17. The Morgan fingerprint density at radius 2 is 2.10 bits per heavy atom. The van der Waals surface area contributed by atoms with Crippen molar-refractivity contribution in [3.05, 3.63) is 47.0 Å². The molecule has 0 spiro atoms. The van der Waals surface area contributed by atoms with E-state index in [1.54, 1.807) is 4.90 Å². The van der Waals surface area contributed by atoms with Crippen LogP contribution < -0.4 is 4.90 Å². The number of amides is 1. The van der Waals surface area contributed by atoms with Gasteiger partial charge < -0.3 is 0 Å². The van der Waals surface area contributed by atoms with Gasteiger partial charge in [0.2, 0.25) is 5.91 Å². The number of hydrogen-bond acceptors (Lipinski definition) is 4. The largest absolute Gasteiger partial charge is 0.288 e. The van der Waals surface area contributed by atoms with Gasteiger partial charge in [0.05, 0.1) is 5.69 Å². The van der Waals surface area contributed by atoms with Crippen molar-refractivity contribution in [2.24, 2.45) is 0 Å². The third-order valence-corrected chi connectivity index (χ3v) is 4.14. The molecule has 0 bridgehead atoms. The summed E-state index contributed by atoms with van der Waals surface area (Å²) in [6, 6.07) is 10.2. The van der Waals surface area contributed by atoms with E-state index >= 15 is 0 Å². The number of thiol groups is 1. The Balaban J connectivity index is 2.08. The van der Waals surface area contributed by atoms with Gasteiger partial charge in [0, 0.05) is 18.3 Å². The fourth-order valence-electron chi connectivity index (χ4n) is 1.91. The number of aryl methyl sites for hydroxylation is 1. The maximum atomic E-state index is 12.2. The van der Waals surface area contributed by atoms with Crippen LogP contribution in [0.4, 0.5) is 5.13 Å². The standard InChI is InChI=1S/C15H18N2OS2/c1-12-11-20-15(16-12)17(14(18)8-10-19)9-7-13-5-3-2-4-6-13/h2-6,11,19H,7-10H2,1H3. The molecule has 0 saturated heterocycles. The van der Waals surface area contributed by atoms with Crippen molar-refractivity contribution in [1.82, 2.24) is 4.98 Å². The van der Waals surface area contributed by atoms with Crippen molar-refractivity contribution in [3.63, 3.8) is 0 Å². The van der Waals surface area contributed by atoms with Gasteiger partial charge in [-0.25, -0.2) is 4.98 Å². The third kappa shape index (κ3) is 4.08. The number of benzene rings is 1. The Morgan fingerprint density at radius 1 is 1.35 bits per heavy atom. The quantitative estimate of drug-likeness (QED) is 0.830. The van der Waals surface area contributed by atoms with E-state index in [1.807, 2.05) is 30.5 Å². The molecule has 0 aliphatic carbocycles. The second kappa shape index (κ2) is 7.45. The van der Waals surface area contributed by atoms with Crippen LogP contribution in [0, 0.1) is 6.92 Å². The lowest BCUT2D eigenvalue weighted by molar-refractivity contribution is -0.118. The van der Waals surface area contributed by atoms with Gasteiger partial charge in [-0.05, 0) is 24.7 Å². The van der Waals surface area contributed by atoms with Crippen LogP contribution in [0.1, 0.15) is 17.7 Å². The molecule has 0 aliphatic heterocycles. The molecule has 0 atom stereocenters. The lowest BCUT2D eigenvalue weighted by Crippen LogP contribution is -2.33. The zero-order chi connectivity index (χ0) is 14.4. The molecule has 2 rings (SSSR count). The summed E-state index contributed by atoms with van der Waals surface area (Å²) in [5.41, 5.74) is 2.18. The van der Waals surface area contributed by atoms with Crippen LogP contribution in [0.2, 0.25) is 0 Å². The maximum Gasteiger partial charge on any atom is 0.229 e. The summed E-state index contributed by atoms with van der Waals surface area (Å²) in [5, 5.41) is 2.75. The summed E-state index contributed by atoms with van der Waals surface area (Å²) >= 11 is 5.66. The first kappa shape index (κ1) is 15.1. The Morgan fingerprint density at radius 3 is 2.70 bits per heavy atom. The average molecular weight is 306 g/mol. The van der Waals surface area contributed by atoms with E-state index in [0.29, 0.717) is 18.7 Å². The Kier molecular flexibility index (Phi) is 5.61. The van der Waals surface area contributed by atoms with Gasteiger partial charge in [-0.2, -0.15) is 12.6 Å². The van der Waals surface area contributed by atoms with Gasteiger partial charge in [0.15, 0.2) is 5.13 Å². The number of thiazole rings is 1. The molecule has 20 heavy (non-hydrogen) atoms. The third-order valence-electron chi connectivity index (χ3n) is 2.93. The zero-order valence-corrected chi connectivity index (χ0v) is 13.2. The van der Waals surface area contributed by atoms with Crippen LogP contribution in [0.3, 0.4) is 0 Å². The highest BCUT2D eigenvalue weighted by molar-refractivity contribution is 7.80. The maximum absolute atomic E-state index is 12.2. The molecule has 1 heterocycles. The first-order valence-corrected chi connectivity index (χ1v) is 8.09. The predicted molar refractivity (Wildman–Crippen MR) is 87.8 cm³/mol. The topological polar surface area (TPSA) is 33.2 Å². The van der Waals surface area contributed by atoms with Crippen LogP contribution in [0.25, 0.3) is 0 Å².